The summed E-state index contributed by atoms with van der Waals surface area (Å²) in [5, 5.41) is 13.4. The molecule has 1 N–H and O–H groups in total. The van der Waals surface area contributed by atoms with E-state index in [0.717, 1.165) is 0 Å². The average molecular weight is 268 g/mol. The Labute approximate surface area is 110 Å². The topological polar surface area (TPSA) is 90.7 Å². The van der Waals surface area contributed by atoms with Crippen molar-refractivity contribution in [3.63, 3.8) is 0 Å². The second-order valence-corrected chi connectivity index (χ2v) is 3.84. The van der Waals surface area contributed by atoms with Crippen LogP contribution in [0.2, 0.25) is 0 Å². The van der Waals surface area contributed by atoms with E-state index in [9.17, 15) is 14.9 Å². The highest BCUT2D eigenvalue weighted by Gasteiger charge is 2.22. The minimum absolute atomic E-state index is 0.0541. The van der Waals surface area contributed by atoms with Crippen LogP contribution in [0, 0.1) is 17.0 Å². The van der Waals surface area contributed by atoms with E-state index in [1.165, 1.54) is 26.4 Å². The van der Waals surface area contributed by atoms with Crippen LogP contribution in [0.4, 0.5) is 5.69 Å². The third kappa shape index (κ3) is 3.73. The Morgan fingerprint density at radius 1 is 1.42 bits per heavy atom. The Hall–Kier alpha value is -1.99. The average Bonchev–Trinajstić information content (AvgIpc) is 2.39. The third-order valence-electron chi connectivity index (χ3n) is 2.63. The molecule has 1 aromatic carbocycles. The maximum atomic E-state index is 12.0. The van der Waals surface area contributed by atoms with Crippen LogP contribution in [0.1, 0.15) is 15.9 Å². The van der Waals surface area contributed by atoms with E-state index >= 15 is 0 Å². The van der Waals surface area contributed by atoms with E-state index in [4.69, 9.17) is 9.47 Å². The van der Waals surface area contributed by atoms with E-state index in [2.05, 4.69) is 5.32 Å². The summed E-state index contributed by atoms with van der Waals surface area (Å²) in [4.78, 5) is 22.3. The zero-order valence-corrected chi connectivity index (χ0v) is 11.0. The van der Waals surface area contributed by atoms with E-state index < -0.39 is 17.1 Å². The highest BCUT2D eigenvalue weighted by molar-refractivity contribution is 5.99. The van der Waals surface area contributed by atoms with Crippen LogP contribution in [0.25, 0.3) is 0 Å². The molecule has 0 radical (unpaired) electrons. The molecule has 0 fully saturated rings. The van der Waals surface area contributed by atoms with Gasteiger partial charge in [-0.25, -0.2) is 0 Å². The maximum Gasteiger partial charge on any atom is 0.282 e. The Balaban J connectivity index is 2.90. The minimum atomic E-state index is -0.591. The number of hydrogen-bond acceptors (Lipinski definition) is 5. The van der Waals surface area contributed by atoms with Crippen molar-refractivity contribution < 1.29 is 19.2 Å². The van der Waals surface area contributed by atoms with Gasteiger partial charge in [-0.2, -0.15) is 0 Å². The van der Waals surface area contributed by atoms with Crippen molar-refractivity contribution in [2.24, 2.45) is 0 Å². The number of nitro groups is 1. The molecule has 0 saturated heterocycles. The van der Waals surface area contributed by atoms with E-state index in [-0.39, 0.29) is 17.8 Å². The lowest BCUT2D eigenvalue weighted by molar-refractivity contribution is -0.385. The lowest BCUT2D eigenvalue weighted by Crippen LogP contribution is -2.34. The van der Waals surface area contributed by atoms with Crippen LogP contribution in [0.3, 0.4) is 0 Å². The molecule has 1 rings (SSSR count). The molecule has 7 heteroatoms. The van der Waals surface area contributed by atoms with Gasteiger partial charge in [-0.15, -0.1) is 0 Å². The Morgan fingerprint density at radius 2 is 2.05 bits per heavy atom. The Bertz CT molecular complexity index is 471. The zero-order valence-electron chi connectivity index (χ0n) is 11.0. The number of nitro benzene ring substituents is 1. The predicted octanol–water partition coefficient (Wildman–Crippen LogP) is 1.25. The van der Waals surface area contributed by atoms with Gasteiger partial charge in [0.25, 0.3) is 11.6 Å². The first-order valence-electron chi connectivity index (χ1n) is 5.59. The minimum Gasteiger partial charge on any atom is -0.354 e. The highest BCUT2D eigenvalue weighted by Crippen LogP contribution is 2.21. The van der Waals surface area contributed by atoms with Crippen molar-refractivity contribution in [1.29, 1.82) is 0 Å². The van der Waals surface area contributed by atoms with E-state index in [1.54, 1.807) is 13.0 Å². The molecule has 0 atom stereocenters. The lowest BCUT2D eigenvalue weighted by atomic mass is 10.1. The second kappa shape index (κ2) is 6.81. The summed E-state index contributed by atoms with van der Waals surface area (Å²) < 4.78 is 9.85. The number of benzene rings is 1. The van der Waals surface area contributed by atoms with Crippen LogP contribution < -0.4 is 5.32 Å². The number of nitrogens with one attached hydrogen (secondary N) is 1. The standard InChI is InChI=1S/C12H16N2O5/c1-8-5-4-6-9(14(16)17)11(8)12(15)13-7-10(18-2)19-3/h4-6,10H,7H2,1-3H3,(H,13,15). The third-order valence-corrected chi connectivity index (χ3v) is 2.63. The molecular weight excluding hydrogens is 252 g/mol. The van der Waals surface area contributed by atoms with Gasteiger partial charge in [0.1, 0.15) is 5.56 Å². The summed E-state index contributed by atoms with van der Waals surface area (Å²) in [5.74, 6) is -0.524. The lowest BCUT2D eigenvalue weighted by Gasteiger charge is -2.14. The molecule has 0 spiro atoms. The van der Waals surface area contributed by atoms with Gasteiger partial charge in [0, 0.05) is 20.3 Å². The molecule has 0 aliphatic rings. The van der Waals surface area contributed by atoms with E-state index in [0.29, 0.717) is 5.56 Å². The summed E-state index contributed by atoms with van der Waals surface area (Å²) in [6.45, 7) is 1.75. The van der Waals surface area contributed by atoms with Gasteiger partial charge in [-0.05, 0) is 12.5 Å². The molecule has 0 aromatic heterocycles. The van der Waals surface area contributed by atoms with Crippen LogP contribution in [-0.4, -0.2) is 37.9 Å². The number of amides is 1. The van der Waals surface area contributed by atoms with Crippen LogP contribution in [0.5, 0.6) is 0 Å². The molecule has 0 heterocycles. The molecule has 0 bridgehead atoms. The molecule has 0 aliphatic heterocycles. The monoisotopic (exact) mass is 268 g/mol. The molecule has 104 valence electrons. The first-order chi connectivity index (χ1) is 9.01. The van der Waals surface area contributed by atoms with Crippen molar-refractivity contribution >= 4 is 11.6 Å². The molecule has 1 amide bonds. The van der Waals surface area contributed by atoms with Crippen molar-refractivity contribution in [2.75, 3.05) is 20.8 Å². The van der Waals surface area contributed by atoms with Gasteiger partial charge in [0.2, 0.25) is 0 Å². The zero-order chi connectivity index (χ0) is 14.4. The molecule has 19 heavy (non-hydrogen) atoms. The predicted molar refractivity (Wildman–Crippen MR) is 68.0 cm³/mol. The van der Waals surface area contributed by atoms with Crippen LogP contribution >= 0.6 is 0 Å². The molecule has 7 nitrogen and oxygen atoms in total. The molecular formula is C12H16N2O5. The van der Waals surface area contributed by atoms with Crippen LogP contribution in [0.15, 0.2) is 18.2 Å². The Morgan fingerprint density at radius 3 is 2.58 bits per heavy atom. The Kier molecular flexibility index (Phi) is 5.40. The van der Waals surface area contributed by atoms with E-state index in [1.807, 2.05) is 0 Å². The smallest absolute Gasteiger partial charge is 0.282 e. The number of ether oxygens (including phenoxy) is 2. The van der Waals surface area contributed by atoms with Gasteiger partial charge >= 0.3 is 0 Å². The van der Waals surface area contributed by atoms with Gasteiger partial charge in [0.05, 0.1) is 11.5 Å². The SMILES string of the molecule is COC(CNC(=O)c1c(C)cccc1[N+](=O)[O-])OC. The fraction of sp³-hybridized carbons (Fsp3) is 0.417. The second-order valence-electron chi connectivity index (χ2n) is 3.84. The van der Waals surface area contributed by atoms with Crippen molar-refractivity contribution in [1.82, 2.24) is 5.32 Å². The molecule has 0 saturated carbocycles. The number of rotatable bonds is 6. The first-order valence-corrected chi connectivity index (χ1v) is 5.59. The quantitative estimate of drug-likeness (QED) is 0.476. The number of nitrogens with zero attached hydrogens (tertiary/aromatic N) is 1. The van der Waals surface area contributed by atoms with Gasteiger partial charge in [0.15, 0.2) is 6.29 Å². The first kappa shape index (κ1) is 15.1. The summed E-state index contributed by atoms with van der Waals surface area (Å²) in [5.41, 5.74) is 0.375. The van der Waals surface area contributed by atoms with Crippen molar-refractivity contribution in [3.8, 4) is 0 Å². The summed E-state index contributed by atoms with van der Waals surface area (Å²) in [6, 6.07) is 4.48. The summed E-state index contributed by atoms with van der Waals surface area (Å²) in [7, 11) is 2.88. The fourth-order valence-corrected chi connectivity index (χ4v) is 1.63. The van der Waals surface area contributed by atoms with Crippen molar-refractivity contribution in [2.45, 2.75) is 13.2 Å². The normalized spacial score (nSPS) is 10.5. The molecule has 0 aliphatic carbocycles. The maximum absolute atomic E-state index is 12.0. The fourth-order valence-electron chi connectivity index (χ4n) is 1.63. The van der Waals surface area contributed by atoms with Crippen molar-refractivity contribution in [3.05, 3.63) is 39.4 Å². The highest BCUT2D eigenvalue weighted by atomic mass is 16.7. The molecule has 0 unspecified atom stereocenters. The number of hydrogen-bond donors (Lipinski definition) is 1. The summed E-state index contributed by atoms with van der Waals surface area (Å²) in [6.07, 6.45) is -0.591. The number of carbonyl (C=O) groups is 1. The largest absolute Gasteiger partial charge is 0.354 e. The van der Waals surface area contributed by atoms with Crippen LogP contribution in [-0.2, 0) is 9.47 Å². The number of methoxy groups -OCH3 is 2. The number of aryl methyl sites for hydroxylation is 1. The molecule has 1 aromatic rings. The summed E-state index contributed by atoms with van der Waals surface area (Å²) >= 11 is 0. The van der Waals surface area contributed by atoms with Gasteiger partial charge < -0.3 is 14.8 Å². The van der Waals surface area contributed by atoms with Gasteiger partial charge in [-0.3, -0.25) is 14.9 Å². The van der Waals surface area contributed by atoms with Gasteiger partial charge in [-0.1, -0.05) is 12.1 Å². The number of carbonyl (C=O) groups excluding carboxylic acids is 1.